The fourth-order valence-corrected chi connectivity index (χ4v) is 4.04. The lowest BCUT2D eigenvalue weighted by molar-refractivity contribution is 0.581. The fourth-order valence-electron chi connectivity index (χ4n) is 2.02. The predicted octanol–water partition coefficient (Wildman–Crippen LogP) is 2.23. The van der Waals surface area contributed by atoms with Crippen LogP contribution < -0.4 is 10.0 Å². The zero-order valence-corrected chi connectivity index (χ0v) is 13.9. The van der Waals surface area contributed by atoms with E-state index in [9.17, 15) is 8.42 Å². The van der Waals surface area contributed by atoms with Crippen molar-refractivity contribution in [1.82, 2.24) is 15.0 Å². The molecule has 0 amide bonds. The molecule has 0 spiro atoms. The van der Waals surface area contributed by atoms with E-state index < -0.39 is 10.0 Å². The monoisotopic (exact) mass is 327 g/mol. The van der Waals surface area contributed by atoms with Crippen LogP contribution in [0.4, 0.5) is 0 Å². The first-order chi connectivity index (χ1) is 10.1. The summed E-state index contributed by atoms with van der Waals surface area (Å²) in [4.78, 5) is 4.34. The number of nitrogens with one attached hydrogen (secondary N) is 3. The van der Waals surface area contributed by atoms with Crippen molar-refractivity contribution in [3.63, 3.8) is 0 Å². The molecule has 0 fully saturated rings. The molecule has 0 bridgehead atoms. The maximum atomic E-state index is 12.3. The largest absolute Gasteiger partial charge is 0.363 e. The van der Waals surface area contributed by atoms with Gasteiger partial charge >= 0.3 is 0 Å². The molecule has 0 aliphatic rings. The molecular formula is C14H21N3O2S2. The molecule has 0 atom stereocenters. The first-order valence-corrected chi connectivity index (χ1v) is 9.36. The Morgan fingerprint density at radius 2 is 2.10 bits per heavy atom. The molecule has 2 aromatic heterocycles. The molecule has 21 heavy (non-hydrogen) atoms. The Morgan fingerprint density at radius 1 is 1.29 bits per heavy atom. The number of sulfonamides is 1. The molecule has 0 aliphatic heterocycles. The summed E-state index contributed by atoms with van der Waals surface area (Å²) in [6.45, 7) is 5.90. The van der Waals surface area contributed by atoms with Crippen molar-refractivity contribution >= 4 is 21.4 Å². The van der Waals surface area contributed by atoms with Crippen LogP contribution in [-0.4, -0.2) is 19.9 Å². The highest BCUT2D eigenvalue weighted by Gasteiger charge is 2.16. The van der Waals surface area contributed by atoms with Gasteiger partial charge in [0.1, 0.15) is 0 Å². The minimum absolute atomic E-state index is 0.282. The van der Waals surface area contributed by atoms with Crippen LogP contribution in [-0.2, 0) is 29.5 Å². The minimum Gasteiger partial charge on any atom is -0.363 e. The van der Waals surface area contributed by atoms with E-state index in [1.165, 1.54) is 11.8 Å². The van der Waals surface area contributed by atoms with Crippen molar-refractivity contribution in [2.75, 3.05) is 6.54 Å². The minimum atomic E-state index is -3.47. The molecule has 0 radical (unpaired) electrons. The van der Waals surface area contributed by atoms with Crippen LogP contribution in [0, 0.1) is 0 Å². The van der Waals surface area contributed by atoms with Crippen LogP contribution in [0.15, 0.2) is 28.6 Å². The van der Waals surface area contributed by atoms with Crippen LogP contribution in [0.25, 0.3) is 0 Å². The van der Waals surface area contributed by atoms with E-state index in [1.807, 2.05) is 18.4 Å². The van der Waals surface area contributed by atoms with Crippen molar-refractivity contribution in [2.45, 2.75) is 38.3 Å². The first kappa shape index (κ1) is 16.2. The molecule has 0 saturated carbocycles. The number of rotatable bonds is 8. The van der Waals surface area contributed by atoms with Crippen LogP contribution >= 0.6 is 11.3 Å². The van der Waals surface area contributed by atoms with Crippen molar-refractivity contribution in [1.29, 1.82) is 0 Å². The zero-order valence-electron chi connectivity index (χ0n) is 12.3. The van der Waals surface area contributed by atoms with Crippen LogP contribution in [0.5, 0.6) is 0 Å². The Balaban J connectivity index is 2.03. The fraction of sp³-hybridized carbons (Fsp3) is 0.429. The highest BCUT2D eigenvalue weighted by atomic mass is 32.2. The smallest absolute Gasteiger partial charge is 0.242 e. The summed E-state index contributed by atoms with van der Waals surface area (Å²) >= 11 is 1.58. The van der Waals surface area contributed by atoms with E-state index in [0.29, 0.717) is 13.1 Å². The molecule has 2 heterocycles. The van der Waals surface area contributed by atoms with Crippen LogP contribution in [0.2, 0.25) is 0 Å². The lowest BCUT2D eigenvalue weighted by Gasteiger charge is -2.05. The number of aromatic nitrogens is 1. The molecule has 0 aromatic carbocycles. The van der Waals surface area contributed by atoms with Crippen LogP contribution in [0.1, 0.15) is 30.0 Å². The Labute approximate surface area is 129 Å². The van der Waals surface area contributed by atoms with E-state index >= 15 is 0 Å². The van der Waals surface area contributed by atoms with Crippen molar-refractivity contribution < 1.29 is 8.42 Å². The topological polar surface area (TPSA) is 74.0 Å². The Bertz CT molecular complexity index is 674. The third kappa shape index (κ3) is 4.16. The van der Waals surface area contributed by atoms with Gasteiger partial charge in [0.15, 0.2) is 0 Å². The molecular weight excluding hydrogens is 306 g/mol. The standard InChI is InChI=1S/C14H21N3O2S2/c1-3-11-5-6-20-14(11)10-17-21(18,19)13-7-12(16-9-13)8-15-4-2/h5-7,9,15-17H,3-4,8,10H2,1-2H3. The zero-order chi connectivity index (χ0) is 15.3. The number of aryl methyl sites for hydroxylation is 1. The number of hydrogen-bond acceptors (Lipinski definition) is 4. The number of aromatic amines is 1. The van der Waals surface area contributed by atoms with E-state index in [1.54, 1.807) is 17.4 Å². The average molecular weight is 327 g/mol. The summed E-state index contributed by atoms with van der Waals surface area (Å²) in [6, 6.07) is 3.71. The van der Waals surface area contributed by atoms with Gasteiger partial charge in [0.05, 0.1) is 4.90 Å². The van der Waals surface area contributed by atoms with E-state index in [4.69, 9.17) is 0 Å². The summed E-state index contributed by atoms with van der Waals surface area (Å²) in [5, 5.41) is 5.15. The summed E-state index contributed by atoms with van der Waals surface area (Å²) in [5.74, 6) is 0. The first-order valence-electron chi connectivity index (χ1n) is 6.99. The number of hydrogen-bond donors (Lipinski definition) is 3. The third-order valence-electron chi connectivity index (χ3n) is 3.23. The SMILES string of the molecule is CCNCc1cc(S(=O)(=O)NCc2sccc2CC)c[nH]1. The molecule has 0 aliphatic carbocycles. The average Bonchev–Trinajstić information content (AvgIpc) is 3.12. The van der Waals surface area contributed by atoms with E-state index in [-0.39, 0.29) is 4.90 Å². The van der Waals surface area contributed by atoms with Gasteiger partial charge in [-0.05, 0) is 36.0 Å². The van der Waals surface area contributed by atoms with Gasteiger partial charge in [-0.2, -0.15) is 0 Å². The molecule has 116 valence electrons. The van der Waals surface area contributed by atoms with Gasteiger partial charge in [0, 0.05) is 29.9 Å². The molecule has 7 heteroatoms. The molecule has 2 aromatic rings. The lowest BCUT2D eigenvalue weighted by Crippen LogP contribution is -2.22. The predicted molar refractivity (Wildman–Crippen MR) is 85.9 cm³/mol. The Morgan fingerprint density at radius 3 is 2.81 bits per heavy atom. The van der Waals surface area contributed by atoms with Gasteiger partial charge in [-0.25, -0.2) is 13.1 Å². The summed E-state index contributed by atoms with van der Waals surface area (Å²) in [7, 11) is -3.47. The number of H-pyrrole nitrogens is 1. The van der Waals surface area contributed by atoms with Gasteiger partial charge < -0.3 is 10.3 Å². The maximum absolute atomic E-state index is 12.3. The lowest BCUT2D eigenvalue weighted by atomic mass is 10.2. The quantitative estimate of drug-likeness (QED) is 0.696. The van der Waals surface area contributed by atoms with Crippen molar-refractivity contribution in [2.24, 2.45) is 0 Å². The molecule has 5 nitrogen and oxygen atoms in total. The number of thiophene rings is 1. The van der Waals surface area contributed by atoms with Gasteiger partial charge in [-0.3, -0.25) is 0 Å². The highest BCUT2D eigenvalue weighted by molar-refractivity contribution is 7.89. The normalized spacial score (nSPS) is 11.9. The summed E-state index contributed by atoms with van der Waals surface area (Å²) in [5.41, 5.74) is 2.06. The maximum Gasteiger partial charge on any atom is 0.242 e. The summed E-state index contributed by atoms with van der Waals surface area (Å²) in [6.07, 6.45) is 2.45. The van der Waals surface area contributed by atoms with E-state index in [2.05, 4.69) is 21.9 Å². The Kier molecular flexibility index (Phi) is 5.58. The molecule has 0 saturated heterocycles. The second kappa shape index (κ2) is 7.22. The summed E-state index contributed by atoms with van der Waals surface area (Å²) < 4.78 is 27.2. The Hall–Kier alpha value is -1.15. The van der Waals surface area contributed by atoms with Gasteiger partial charge in [0.25, 0.3) is 0 Å². The van der Waals surface area contributed by atoms with Gasteiger partial charge in [0.2, 0.25) is 10.0 Å². The van der Waals surface area contributed by atoms with Crippen molar-refractivity contribution in [3.05, 3.63) is 39.8 Å². The second-order valence-electron chi connectivity index (χ2n) is 4.69. The highest BCUT2D eigenvalue weighted by Crippen LogP contribution is 2.18. The van der Waals surface area contributed by atoms with Gasteiger partial charge in [-0.1, -0.05) is 13.8 Å². The second-order valence-corrected chi connectivity index (χ2v) is 7.46. The molecule has 0 unspecified atom stereocenters. The molecule has 3 N–H and O–H groups in total. The van der Waals surface area contributed by atoms with Crippen LogP contribution in [0.3, 0.4) is 0 Å². The van der Waals surface area contributed by atoms with E-state index in [0.717, 1.165) is 23.5 Å². The third-order valence-corrected chi connectivity index (χ3v) is 5.58. The molecule has 2 rings (SSSR count). The van der Waals surface area contributed by atoms with Crippen molar-refractivity contribution in [3.8, 4) is 0 Å². The van der Waals surface area contributed by atoms with Gasteiger partial charge in [-0.15, -0.1) is 11.3 Å².